The molecule has 1 aliphatic carbocycles. The van der Waals surface area contributed by atoms with E-state index in [1.807, 2.05) is 13.1 Å². The van der Waals surface area contributed by atoms with E-state index in [1.165, 1.54) is 43.2 Å². The van der Waals surface area contributed by atoms with E-state index < -0.39 is 0 Å². The van der Waals surface area contributed by atoms with Gasteiger partial charge in [-0.05, 0) is 25.3 Å². The van der Waals surface area contributed by atoms with Crippen molar-refractivity contribution in [3.05, 3.63) is 23.3 Å². The summed E-state index contributed by atoms with van der Waals surface area (Å²) in [5.41, 5.74) is 9.13. The summed E-state index contributed by atoms with van der Waals surface area (Å²) < 4.78 is 0. The van der Waals surface area contributed by atoms with Crippen LogP contribution in [-0.2, 0) is 6.54 Å². The lowest BCUT2D eigenvalue weighted by Gasteiger charge is -2.22. The molecule has 4 heteroatoms. The van der Waals surface area contributed by atoms with Crippen LogP contribution in [0.4, 0.5) is 0 Å². The highest BCUT2D eigenvalue weighted by Crippen LogP contribution is 2.35. The van der Waals surface area contributed by atoms with Crippen LogP contribution in [0, 0.1) is 6.92 Å². The van der Waals surface area contributed by atoms with Crippen molar-refractivity contribution in [2.45, 2.75) is 51.5 Å². The highest BCUT2D eigenvalue weighted by Gasteiger charge is 2.22. The summed E-state index contributed by atoms with van der Waals surface area (Å²) >= 11 is 0. The number of fused-ring (bicyclic) bond motifs is 1. The third-order valence-corrected chi connectivity index (χ3v) is 3.96. The SMILES string of the molecule is Cc1nc(C2CCCCC2)c2c(CN)c[nH]c2n1. The van der Waals surface area contributed by atoms with E-state index in [-0.39, 0.29) is 0 Å². The van der Waals surface area contributed by atoms with E-state index >= 15 is 0 Å². The first-order chi connectivity index (χ1) is 8.79. The average Bonchev–Trinajstić information content (AvgIpc) is 2.81. The number of hydrogen-bond acceptors (Lipinski definition) is 3. The second-order valence-corrected chi connectivity index (χ2v) is 5.23. The monoisotopic (exact) mass is 244 g/mol. The first-order valence-corrected chi connectivity index (χ1v) is 6.84. The van der Waals surface area contributed by atoms with Crippen molar-refractivity contribution in [1.82, 2.24) is 15.0 Å². The molecule has 2 aromatic rings. The lowest BCUT2D eigenvalue weighted by atomic mass is 9.85. The minimum Gasteiger partial charge on any atom is -0.346 e. The third kappa shape index (κ3) is 1.90. The number of aromatic nitrogens is 3. The van der Waals surface area contributed by atoms with Crippen molar-refractivity contribution in [2.75, 3.05) is 0 Å². The summed E-state index contributed by atoms with van der Waals surface area (Å²) in [6, 6.07) is 0. The van der Waals surface area contributed by atoms with Crippen LogP contribution in [0.5, 0.6) is 0 Å². The Morgan fingerprint density at radius 1 is 1.28 bits per heavy atom. The molecule has 0 spiro atoms. The predicted octanol–water partition coefficient (Wildman–Crippen LogP) is 2.77. The smallest absolute Gasteiger partial charge is 0.141 e. The number of aryl methyl sites for hydroxylation is 1. The van der Waals surface area contributed by atoms with Gasteiger partial charge in [0.25, 0.3) is 0 Å². The number of H-pyrrole nitrogens is 1. The molecular formula is C14H20N4. The fourth-order valence-electron chi connectivity index (χ4n) is 3.08. The topological polar surface area (TPSA) is 67.6 Å². The summed E-state index contributed by atoms with van der Waals surface area (Å²) in [5, 5.41) is 1.18. The Labute approximate surface area is 107 Å². The van der Waals surface area contributed by atoms with E-state index in [0.717, 1.165) is 17.0 Å². The molecule has 96 valence electrons. The van der Waals surface area contributed by atoms with Gasteiger partial charge in [-0.1, -0.05) is 19.3 Å². The van der Waals surface area contributed by atoms with Crippen LogP contribution in [0.3, 0.4) is 0 Å². The minimum absolute atomic E-state index is 0.548. The van der Waals surface area contributed by atoms with Crippen molar-refractivity contribution in [1.29, 1.82) is 0 Å². The molecule has 4 nitrogen and oxygen atoms in total. The molecule has 1 aliphatic rings. The van der Waals surface area contributed by atoms with Crippen LogP contribution in [0.15, 0.2) is 6.20 Å². The predicted molar refractivity (Wildman–Crippen MR) is 72.3 cm³/mol. The zero-order valence-electron chi connectivity index (χ0n) is 10.9. The second kappa shape index (κ2) is 4.69. The Hall–Kier alpha value is -1.42. The van der Waals surface area contributed by atoms with Gasteiger partial charge in [0.2, 0.25) is 0 Å². The van der Waals surface area contributed by atoms with Crippen LogP contribution < -0.4 is 5.73 Å². The summed E-state index contributed by atoms with van der Waals surface area (Å²) in [4.78, 5) is 12.4. The number of aromatic amines is 1. The molecule has 3 rings (SSSR count). The van der Waals surface area contributed by atoms with Crippen molar-refractivity contribution in [3.8, 4) is 0 Å². The first-order valence-electron chi connectivity index (χ1n) is 6.84. The van der Waals surface area contributed by atoms with Crippen molar-refractivity contribution in [3.63, 3.8) is 0 Å². The molecule has 2 aromatic heterocycles. The maximum atomic E-state index is 5.82. The molecule has 0 atom stereocenters. The van der Waals surface area contributed by atoms with Crippen LogP contribution >= 0.6 is 0 Å². The number of nitrogens with zero attached hydrogens (tertiary/aromatic N) is 2. The Morgan fingerprint density at radius 2 is 2.06 bits per heavy atom. The molecule has 2 heterocycles. The number of nitrogens with one attached hydrogen (secondary N) is 1. The Balaban J connectivity index is 2.15. The van der Waals surface area contributed by atoms with Crippen LogP contribution in [0.1, 0.15) is 55.1 Å². The minimum atomic E-state index is 0.548. The van der Waals surface area contributed by atoms with Crippen LogP contribution in [-0.4, -0.2) is 15.0 Å². The van der Waals surface area contributed by atoms with E-state index in [0.29, 0.717) is 12.5 Å². The molecule has 18 heavy (non-hydrogen) atoms. The molecular weight excluding hydrogens is 224 g/mol. The van der Waals surface area contributed by atoms with Gasteiger partial charge in [0.15, 0.2) is 0 Å². The van der Waals surface area contributed by atoms with Gasteiger partial charge in [0, 0.05) is 24.0 Å². The van der Waals surface area contributed by atoms with E-state index in [9.17, 15) is 0 Å². The molecule has 0 aromatic carbocycles. The van der Waals surface area contributed by atoms with Gasteiger partial charge in [-0.3, -0.25) is 0 Å². The zero-order valence-corrected chi connectivity index (χ0v) is 10.9. The zero-order chi connectivity index (χ0) is 12.5. The largest absolute Gasteiger partial charge is 0.346 e. The maximum absolute atomic E-state index is 5.82. The second-order valence-electron chi connectivity index (χ2n) is 5.23. The van der Waals surface area contributed by atoms with E-state index in [4.69, 9.17) is 10.7 Å². The highest BCUT2D eigenvalue weighted by atomic mass is 15.0. The molecule has 3 N–H and O–H groups in total. The van der Waals surface area contributed by atoms with Gasteiger partial charge in [0.05, 0.1) is 5.69 Å². The lowest BCUT2D eigenvalue weighted by Crippen LogP contribution is -2.09. The molecule has 0 amide bonds. The van der Waals surface area contributed by atoms with E-state index in [1.54, 1.807) is 0 Å². The van der Waals surface area contributed by atoms with E-state index in [2.05, 4.69) is 9.97 Å². The summed E-state index contributed by atoms with van der Waals surface area (Å²) in [7, 11) is 0. The molecule has 0 bridgehead atoms. The molecule has 0 unspecified atom stereocenters. The van der Waals surface area contributed by atoms with Gasteiger partial charge in [0.1, 0.15) is 11.5 Å². The quantitative estimate of drug-likeness (QED) is 0.853. The molecule has 0 saturated heterocycles. The standard InChI is InChI=1S/C14H20N4/c1-9-17-13(10-5-3-2-4-6-10)12-11(7-15)8-16-14(12)18-9/h8,10H,2-7,15H2,1H3,(H,16,17,18). The summed E-state index contributed by atoms with van der Waals surface area (Å²) in [6.45, 7) is 2.51. The van der Waals surface area contributed by atoms with Crippen molar-refractivity contribution in [2.24, 2.45) is 5.73 Å². The lowest BCUT2D eigenvalue weighted by molar-refractivity contribution is 0.438. The fraction of sp³-hybridized carbons (Fsp3) is 0.571. The van der Waals surface area contributed by atoms with Gasteiger partial charge >= 0.3 is 0 Å². The summed E-state index contributed by atoms with van der Waals surface area (Å²) in [6.07, 6.45) is 8.47. The Kier molecular flexibility index (Phi) is 3.04. The van der Waals surface area contributed by atoms with Gasteiger partial charge in [-0.15, -0.1) is 0 Å². The van der Waals surface area contributed by atoms with Gasteiger partial charge in [-0.2, -0.15) is 0 Å². The van der Waals surface area contributed by atoms with Crippen LogP contribution in [0.25, 0.3) is 11.0 Å². The number of rotatable bonds is 2. The fourth-order valence-corrected chi connectivity index (χ4v) is 3.08. The summed E-state index contributed by atoms with van der Waals surface area (Å²) in [5.74, 6) is 1.44. The molecule has 0 radical (unpaired) electrons. The van der Waals surface area contributed by atoms with Gasteiger partial charge in [-0.25, -0.2) is 9.97 Å². The molecule has 0 aliphatic heterocycles. The normalized spacial score (nSPS) is 17.4. The number of hydrogen-bond donors (Lipinski definition) is 2. The maximum Gasteiger partial charge on any atom is 0.141 e. The van der Waals surface area contributed by atoms with Crippen molar-refractivity contribution >= 4 is 11.0 Å². The Morgan fingerprint density at radius 3 is 2.78 bits per heavy atom. The highest BCUT2D eigenvalue weighted by molar-refractivity contribution is 5.82. The van der Waals surface area contributed by atoms with Crippen molar-refractivity contribution < 1.29 is 0 Å². The first kappa shape index (κ1) is 11.7. The van der Waals surface area contributed by atoms with Crippen LogP contribution in [0.2, 0.25) is 0 Å². The average molecular weight is 244 g/mol. The molecule has 1 fully saturated rings. The number of nitrogens with two attached hydrogens (primary N) is 1. The Bertz CT molecular complexity index is 552. The van der Waals surface area contributed by atoms with Gasteiger partial charge < -0.3 is 10.7 Å². The third-order valence-electron chi connectivity index (χ3n) is 3.96. The molecule has 1 saturated carbocycles.